The van der Waals surface area contributed by atoms with Crippen molar-refractivity contribution in [3.05, 3.63) is 174 Å². The largest absolute Gasteiger partial charge is 0.312 e. The van der Waals surface area contributed by atoms with Crippen LogP contribution in [-0.2, 0) is 66.4 Å². The molecule has 324 valence electrons. The second-order valence-corrected chi connectivity index (χ2v) is 19.9. The highest BCUT2D eigenvalue weighted by Crippen LogP contribution is 2.16. The van der Waals surface area contributed by atoms with Crippen LogP contribution in [0, 0.1) is 5.82 Å². The van der Waals surface area contributed by atoms with Crippen molar-refractivity contribution in [2.45, 2.75) is 85.6 Å². The number of rotatable bonds is 14. The molecule has 0 atom stereocenters. The topological polar surface area (TPSA) is 207 Å². The Morgan fingerprint density at radius 3 is 1.23 bits per heavy atom. The Labute approximate surface area is 361 Å². The normalized spacial score (nSPS) is 11.5. The maximum absolute atomic E-state index is 12.8. The van der Waals surface area contributed by atoms with Crippen molar-refractivity contribution in [3.63, 3.8) is 0 Å². The summed E-state index contributed by atoms with van der Waals surface area (Å²) in [5, 5.41) is -1.25. The summed E-state index contributed by atoms with van der Waals surface area (Å²) in [6.45, 7) is 6.90. The van der Waals surface area contributed by atoms with Crippen LogP contribution in [0.1, 0.15) is 50.3 Å². The molecule has 0 spiro atoms. The maximum atomic E-state index is 12.8. The molecule has 6 aromatic rings. The van der Waals surface area contributed by atoms with Gasteiger partial charge in [-0.25, -0.2) is 44.6 Å². The standard InChI is InChI=1S/C14H15FN2O3S.C14H16N2O3S.C13H13BrN2O3S/c1-2-8-17-9-7-16-13(14(17)18)21(19,20)10-11-3-5-12(15)6-4-11;1-2-9-16-10-8-15-13(14(16)17)20(18,19)11-12-6-4-3-5-7-12;1-2-16-8-7-15-12(13(16)17)20(18,19)9-10-3-5-11(14)6-4-10/h3-7,9H,2,8,10H2,1H3;3-8,10H,2,9,11H2,1H3;3-8H,2,9H2,1H3. The summed E-state index contributed by atoms with van der Waals surface area (Å²) in [6.07, 6.45) is 9.89. The van der Waals surface area contributed by atoms with Crippen molar-refractivity contribution < 1.29 is 29.6 Å². The molecule has 0 saturated heterocycles. The molecular formula is C41H44BrFN6O9S3. The molecule has 0 saturated carbocycles. The van der Waals surface area contributed by atoms with E-state index in [1.807, 2.05) is 19.9 Å². The Morgan fingerprint density at radius 2 is 0.852 bits per heavy atom. The van der Waals surface area contributed by atoms with Crippen LogP contribution in [0.4, 0.5) is 4.39 Å². The number of hydrogen-bond donors (Lipinski definition) is 0. The summed E-state index contributed by atoms with van der Waals surface area (Å²) in [7, 11) is -11.3. The van der Waals surface area contributed by atoms with Crippen molar-refractivity contribution in [1.82, 2.24) is 28.7 Å². The van der Waals surface area contributed by atoms with Gasteiger partial charge in [0, 0.05) is 61.3 Å². The summed E-state index contributed by atoms with van der Waals surface area (Å²) in [4.78, 5) is 47.5. The van der Waals surface area contributed by atoms with Crippen LogP contribution in [0.15, 0.2) is 150 Å². The van der Waals surface area contributed by atoms with Crippen molar-refractivity contribution in [2.75, 3.05) is 0 Å². The van der Waals surface area contributed by atoms with Gasteiger partial charge in [-0.1, -0.05) is 84.4 Å². The van der Waals surface area contributed by atoms with Crippen LogP contribution in [0.3, 0.4) is 0 Å². The van der Waals surface area contributed by atoms with Gasteiger partial charge in [0.25, 0.3) is 16.7 Å². The summed E-state index contributed by atoms with van der Waals surface area (Å²) >= 11 is 3.29. The van der Waals surface area contributed by atoms with Crippen molar-refractivity contribution in [1.29, 1.82) is 0 Å². The van der Waals surface area contributed by atoms with E-state index in [9.17, 15) is 44.0 Å². The van der Waals surface area contributed by atoms with E-state index in [4.69, 9.17) is 0 Å². The zero-order valence-corrected chi connectivity index (χ0v) is 37.5. The molecule has 0 aliphatic carbocycles. The number of halogens is 2. The zero-order valence-electron chi connectivity index (χ0n) is 33.5. The lowest BCUT2D eigenvalue weighted by molar-refractivity contribution is 0.577. The fourth-order valence-electron chi connectivity index (χ4n) is 5.60. The van der Waals surface area contributed by atoms with Crippen LogP contribution in [-0.4, -0.2) is 53.9 Å². The third-order valence-corrected chi connectivity index (χ3v) is 13.8. The Hall–Kier alpha value is -5.44. The molecule has 3 aromatic carbocycles. The van der Waals surface area contributed by atoms with E-state index in [0.29, 0.717) is 42.7 Å². The van der Waals surface area contributed by atoms with Crippen LogP contribution in [0.2, 0.25) is 0 Å². The highest BCUT2D eigenvalue weighted by molar-refractivity contribution is 9.10. The lowest BCUT2D eigenvalue weighted by Crippen LogP contribution is -2.27. The molecular weight excluding hydrogens is 916 g/mol. The van der Waals surface area contributed by atoms with Crippen LogP contribution in [0.25, 0.3) is 0 Å². The van der Waals surface area contributed by atoms with Crippen LogP contribution < -0.4 is 16.7 Å². The summed E-state index contributed by atoms with van der Waals surface area (Å²) in [5.41, 5.74) is -0.0942. The zero-order chi connectivity index (χ0) is 44.8. The molecule has 15 nitrogen and oxygen atoms in total. The van der Waals surface area contributed by atoms with E-state index in [2.05, 4.69) is 30.9 Å². The monoisotopic (exact) mass is 958 g/mol. The smallest absolute Gasteiger partial charge is 0.288 e. The van der Waals surface area contributed by atoms with Gasteiger partial charge in [0.1, 0.15) is 5.82 Å². The highest BCUT2D eigenvalue weighted by Gasteiger charge is 2.24. The van der Waals surface area contributed by atoms with Gasteiger partial charge in [-0.3, -0.25) is 14.4 Å². The first-order valence-corrected chi connectivity index (χ1v) is 24.5. The third-order valence-electron chi connectivity index (χ3n) is 8.54. The highest BCUT2D eigenvalue weighted by atomic mass is 79.9. The molecule has 61 heavy (non-hydrogen) atoms. The van der Waals surface area contributed by atoms with E-state index in [1.165, 1.54) is 75.1 Å². The number of aryl methyl sites for hydroxylation is 3. The average molecular weight is 960 g/mol. The van der Waals surface area contributed by atoms with Gasteiger partial charge in [-0.15, -0.1) is 0 Å². The van der Waals surface area contributed by atoms with Gasteiger partial charge in [-0.2, -0.15) is 0 Å². The van der Waals surface area contributed by atoms with Crippen LogP contribution >= 0.6 is 15.9 Å². The summed E-state index contributed by atoms with van der Waals surface area (Å²) in [5.74, 6) is -1.28. The van der Waals surface area contributed by atoms with E-state index in [1.54, 1.807) is 55.5 Å². The Kier molecular flexibility index (Phi) is 17.3. The molecule has 0 amide bonds. The molecule has 20 heteroatoms. The molecule has 0 aliphatic rings. The van der Waals surface area contributed by atoms with Gasteiger partial charge < -0.3 is 13.7 Å². The van der Waals surface area contributed by atoms with Gasteiger partial charge >= 0.3 is 0 Å². The first kappa shape index (κ1) is 48.2. The van der Waals surface area contributed by atoms with Crippen molar-refractivity contribution in [2.24, 2.45) is 0 Å². The maximum Gasteiger partial charge on any atom is 0.288 e. The van der Waals surface area contributed by atoms with Crippen molar-refractivity contribution in [3.8, 4) is 0 Å². The number of hydrogen-bond acceptors (Lipinski definition) is 12. The second kappa shape index (κ2) is 21.9. The molecule has 3 aromatic heterocycles. The predicted molar refractivity (Wildman–Crippen MR) is 231 cm³/mol. The molecule has 0 radical (unpaired) electrons. The molecule has 3 heterocycles. The minimum Gasteiger partial charge on any atom is -0.312 e. The van der Waals surface area contributed by atoms with Gasteiger partial charge in [-0.05, 0) is 60.7 Å². The SMILES string of the molecule is CCCn1ccnc(S(=O)(=O)Cc2ccc(F)cc2)c1=O.CCCn1ccnc(S(=O)(=O)Cc2ccccc2)c1=O.CCn1ccnc(S(=O)(=O)Cc2ccc(Br)cc2)c1=O. The fraction of sp³-hybridized carbons (Fsp3) is 0.268. The van der Waals surface area contributed by atoms with Gasteiger partial charge in [0.15, 0.2) is 0 Å². The lowest BCUT2D eigenvalue weighted by atomic mass is 10.2. The predicted octanol–water partition coefficient (Wildman–Crippen LogP) is 5.39. The molecule has 6 rings (SSSR count). The number of nitrogens with zero attached hydrogens (tertiary/aromatic N) is 6. The number of aromatic nitrogens is 6. The molecule has 0 N–H and O–H groups in total. The quantitative estimate of drug-likeness (QED) is 0.135. The Morgan fingerprint density at radius 1 is 0.508 bits per heavy atom. The number of sulfone groups is 3. The first-order chi connectivity index (χ1) is 28.9. The second-order valence-electron chi connectivity index (χ2n) is 13.3. The Balaban J connectivity index is 0.000000202. The minimum atomic E-state index is -3.86. The average Bonchev–Trinajstić information content (AvgIpc) is 3.22. The number of benzene rings is 3. The van der Waals surface area contributed by atoms with E-state index in [-0.39, 0.29) is 22.3 Å². The summed E-state index contributed by atoms with van der Waals surface area (Å²) < 4.78 is 91.5. The first-order valence-electron chi connectivity index (χ1n) is 18.8. The minimum absolute atomic E-state index is 0.216. The molecule has 0 aliphatic heterocycles. The fourth-order valence-corrected chi connectivity index (χ4v) is 9.99. The van der Waals surface area contributed by atoms with E-state index < -0.39 is 62.1 Å². The molecule has 0 bridgehead atoms. The van der Waals surface area contributed by atoms with E-state index in [0.717, 1.165) is 10.9 Å². The summed E-state index contributed by atoms with van der Waals surface area (Å²) in [6, 6.07) is 20.8. The van der Waals surface area contributed by atoms with Gasteiger partial charge in [0.05, 0.1) is 17.3 Å². The third kappa shape index (κ3) is 13.5. The molecule has 0 unspecified atom stereocenters. The van der Waals surface area contributed by atoms with Crippen LogP contribution in [0.5, 0.6) is 0 Å². The van der Waals surface area contributed by atoms with Gasteiger partial charge in [0.2, 0.25) is 44.6 Å². The lowest BCUT2D eigenvalue weighted by Gasteiger charge is -2.07. The van der Waals surface area contributed by atoms with E-state index >= 15 is 0 Å². The molecule has 0 fully saturated rings. The Bertz CT molecular complexity index is 2930. The van der Waals surface area contributed by atoms with Crippen molar-refractivity contribution >= 4 is 45.4 Å².